The molecule has 0 bridgehead atoms. The zero-order valence-corrected chi connectivity index (χ0v) is 15.4. The van der Waals surface area contributed by atoms with Gasteiger partial charge in [-0.2, -0.15) is 0 Å². The predicted molar refractivity (Wildman–Crippen MR) is 98.0 cm³/mol. The molecular weight excluding hydrogens is 364 g/mol. The van der Waals surface area contributed by atoms with Crippen molar-refractivity contribution in [3.8, 4) is 5.75 Å². The Balaban J connectivity index is 1.62. The molecule has 0 saturated carbocycles. The highest BCUT2D eigenvalue weighted by Gasteiger charge is 2.32. The van der Waals surface area contributed by atoms with E-state index in [0.717, 1.165) is 5.56 Å². The summed E-state index contributed by atoms with van der Waals surface area (Å²) in [6.07, 6.45) is 1.59. The number of benzene rings is 1. The monoisotopic (exact) mass is 384 g/mol. The fourth-order valence-electron chi connectivity index (χ4n) is 2.82. The van der Waals surface area contributed by atoms with E-state index < -0.39 is 17.8 Å². The minimum Gasteiger partial charge on any atom is -0.483 e. The number of pyridine rings is 1. The molecule has 28 heavy (non-hydrogen) atoms. The van der Waals surface area contributed by atoms with Crippen LogP contribution in [0.2, 0.25) is 0 Å². The molecule has 0 spiro atoms. The number of hydrogen-bond donors (Lipinski definition) is 0. The third-order valence-corrected chi connectivity index (χ3v) is 4.37. The molecular formula is C20H20N2O6. The first kappa shape index (κ1) is 19.3. The highest BCUT2D eigenvalue weighted by atomic mass is 16.7. The minimum absolute atomic E-state index is 0.0487. The largest absolute Gasteiger partial charge is 0.483 e. The highest BCUT2D eigenvalue weighted by molar-refractivity contribution is 6.01. The van der Waals surface area contributed by atoms with Gasteiger partial charge in [0, 0.05) is 31.6 Å². The Hall–Kier alpha value is -3.42. The second-order valence-corrected chi connectivity index (χ2v) is 6.36. The molecule has 2 heterocycles. The van der Waals surface area contributed by atoms with E-state index >= 15 is 0 Å². The molecule has 0 unspecified atom stereocenters. The van der Waals surface area contributed by atoms with Crippen LogP contribution >= 0.6 is 0 Å². The third kappa shape index (κ3) is 4.46. The first-order valence-electron chi connectivity index (χ1n) is 8.89. The van der Waals surface area contributed by atoms with Crippen molar-refractivity contribution < 1.29 is 24.0 Å². The molecule has 146 valence electrons. The number of carbonyl (C=O) groups excluding carboxylic acids is 3. The summed E-state index contributed by atoms with van der Waals surface area (Å²) < 4.78 is 7.38. The molecule has 3 rings (SSSR count). The first-order chi connectivity index (χ1) is 13.5. The van der Waals surface area contributed by atoms with Crippen molar-refractivity contribution in [3.63, 3.8) is 0 Å². The zero-order chi connectivity index (χ0) is 20.1. The molecule has 1 aliphatic rings. The molecule has 2 amide bonds. The van der Waals surface area contributed by atoms with E-state index in [9.17, 15) is 19.2 Å². The van der Waals surface area contributed by atoms with Crippen molar-refractivity contribution in [3.05, 3.63) is 64.1 Å². The van der Waals surface area contributed by atoms with Gasteiger partial charge in [0.2, 0.25) is 5.43 Å². The van der Waals surface area contributed by atoms with Gasteiger partial charge in [-0.15, -0.1) is 5.06 Å². The number of carbonyl (C=O) groups is 3. The molecule has 0 radical (unpaired) electrons. The quantitative estimate of drug-likeness (QED) is 0.675. The summed E-state index contributed by atoms with van der Waals surface area (Å²) in [6.45, 7) is 2.19. The van der Waals surface area contributed by atoms with Crippen molar-refractivity contribution in [1.29, 1.82) is 0 Å². The summed E-state index contributed by atoms with van der Waals surface area (Å²) in [5.41, 5.74) is 1.25. The molecule has 1 saturated heterocycles. The maximum Gasteiger partial charge on any atom is 0.335 e. The Morgan fingerprint density at radius 1 is 1.04 bits per heavy atom. The third-order valence-electron chi connectivity index (χ3n) is 4.37. The van der Waals surface area contributed by atoms with Crippen LogP contribution < -0.4 is 10.2 Å². The summed E-state index contributed by atoms with van der Waals surface area (Å²) in [4.78, 5) is 51.9. The van der Waals surface area contributed by atoms with Crippen LogP contribution in [0.25, 0.3) is 0 Å². The Morgan fingerprint density at radius 2 is 1.71 bits per heavy atom. The van der Waals surface area contributed by atoms with E-state index in [0.29, 0.717) is 10.8 Å². The molecule has 1 aromatic heterocycles. The second kappa shape index (κ2) is 8.51. The van der Waals surface area contributed by atoms with Crippen LogP contribution in [-0.4, -0.2) is 27.4 Å². The summed E-state index contributed by atoms with van der Waals surface area (Å²) in [6, 6.07) is 10.8. The van der Waals surface area contributed by atoms with Gasteiger partial charge in [0.25, 0.3) is 11.8 Å². The predicted octanol–water partition coefficient (Wildman–Crippen LogP) is 1.73. The lowest BCUT2D eigenvalue weighted by molar-refractivity contribution is -0.197. The van der Waals surface area contributed by atoms with E-state index in [4.69, 9.17) is 9.57 Å². The fourth-order valence-corrected chi connectivity index (χ4v) is 2.82. The molecule has 0 N–H and O–H groups in total. The molecule has 2 aromatic rings. The lowest BCUT2D eigenvalue weighted by Gasteiger charge is -2.16. The summed E-state index contributed by atoms with van der Waals surface area (Å²) in [7, 11) is 0. The van der Waals surface area contributed by atoms with Crippen LogP contribution in [0.4, 0.5) is 0 Å². The molecule has 1 aromatic carbocycles. The fraction of sp³-hybridized carbons (Fsp3) is 0.300. The maximum atomic E-state index is 12.1. The molecule has 8 heteroatoms. The van der Waals surface area contributed by atoms with Crippen molar-refractivity contribution in [2.24, 2.45) is 0 Å². The van der Waals surface area contributed by atoms with Crippen LogP contribution in [0.5, 0.6) is 5.75 Å². The lowest BCUT2D eigenvalue weighted by Crippen LogP contribution is -2.32. The van der Waals surface area contributed by atoms with Gasteiger partial charge in [-0.3, -0.25) is 14.4 Å². The van der Waals surface area contributed by atoms with Crippen molar-refractivity contribution in [2.75, 3.05) is 0 Å². The number of ether oxygens (including phenoxy) is 1. The smallest absolute Gasteiger partial charge is 0.335 e. The topological polar surface area (TPSA) is 94.9 Å². The number of aromatic nitrogens is 1. The normalized spacial score (nSPS) is 13.7. The van der Waals surface area contributed by atoms with Crippen LogP contribution in [0.1, 0.15) is 30.5 Å². The van der Waals surface area contributed by atoms with E-state index in [1.807, 2.05) is 30.3 Å². The number of hydroxylamine groups is 2. The van der Waals surface area contributed by atoms with Crippen LogP contribution in [0.3, 0.4) is 0 Å². The van der Waals surface area contributed by atoms with Gasteiger partial charge < -0.3 is 14.1 Å². The Morgan fingerprint density at radius 3 is 2.39 bits per heavy atom. The van der Waals surface area contributed by atoms with Crippen molar-refractivity contribution in [1.82, 2.24) is 9.63 Å². The second-order valence-electron chi connectivity index (χ2n) is 6.36. The number of nitrogens with zero attached hydrogens (tertiary/aromatic N) is 2. The molecule has 0 atom stereocenters. The maximum absolute atomic E-state index is 12.1. The molecule has 8 nitrogen and oxygen atoms in total. The average molecular weight is 384 g/mol. The molecule has 1 fully saturated rings. The van der Waals surface area contributed by atoms with Crippen LogP contribution in [0.15, 0.2) is 47.4 Å². The van der Waals surface area contributed by atoms with Crippen LogP contribution in [0, 0.1) is 6.92 Å². The van der Waals surface area contributed by atoms with Gasteiger partial charge in [-0.25, -0.2) is 4.79 Å². The first-order valence-corrected chi connectivity index (χ1v) is 8.89. The van der Waals surface area contributed by atoms with Gasteiger partial charge in [0.1, 0.15) is 6.61 Å². The summed E-state index contributed by atoms with van der Waals surface area (Å²) in [5.74, 6) is -1.53. The van der Waals surface area contributed by atoms with Gasteiger partial charge >= 0.3 is 5.97 Å². The number of amides is 2. The standard InChI is InChI=1S/C20H20N2O6/c1-14-20(27-13-15-5-3-2-4-6-15)16(23)9-11-21(14)12-10-19(26)28-22-17(24)7-8-18(22)25/h2-6,9,11H,7-8,10,12-13H2,1H3. The number of aryl methyl sites for hydroxylation is 1. The number of imide groups is 1. The minimum atomic E-state index is -0.701. The SMILES string of the molecule is Cc1c(OCc2ccccc2)c(=O)ccn1CCC(=O)ON1C(=O)CCC1=O. The van der Waals surface area contributed by atoms with E-state index in [1.165, 1.54) is 6.07 Å². The summed E-state index contributed by atoms with van der Waals surface area (Å²) in [5, 5.41) is 0.523. The van der Waals surface area contributed by atoms with Crippen molar-refractivity contribution in [2.45, 2.75) is 39.3 Å². The van der Waals surface area contributed by atoms with Gasteiger partial charge in [-0.05, 0) is 12.5 Å². The average Bonchev–Trinajstić information content (AvgIpc) is 3.00. The Labute approximate surface area is 161 Å². The van der Waals surface area contributed by atoms with Crippen molar-refractivity contribution >= 4 is 17.8 Å². The lowest BCUT2D eigenvalue weighted by atomic mass is 10.2. The highest BCUT2D eigenvalue weighted by Crippen LogP contribution is 2.16. The molecule has 1 aliphatic heterocycles. The number of rotatable bonds is 7. The Kier molecular flexibility index (Phi) is 5.88. The molecule has 0 aliphatic carbocycles. The van der Waals surface area contributed by atoms with E-state index in [2.05, 4.69) is 0 Å². The zero-order valence-electron chi connectivity index (χ0n) is 15.4. The number of hydrogen-bond acceptors (Lipinski definition) is 6. The van der Waals surface area contributed by atoms with E-state index in [1.54, 1.807) is 17.7 Å². The summed E-state index contributed by atoms with van der Waals surface area (Å²) >= 11 is 0. The van der Waals surface area contributed by atoms with Gasteiger partial charge in [0.05, 0.1) is 12.1 Å². The van der Waals surface area contributed by atoms with Gasteiger partial charge in [0.15, 0.2) is 5.75 Å². The van der Waals surface area contributed by atoms with Gasteiger partial charge in [-0.1, -0.05) is 30.3 Å². The van der Waals surface area contributed by atoms with E-state index in [-0.39, 0.29) is 43.6 Å². The Bertz CT molecular complexity index is 935. The van der Waals surface area contributed by atoms with Crippen LogP contribution in [-0.2, 0) is 32.4 Å².